The fraction of sp³-hybridized carbons (Fsp3) is 0.750. The minimum atomic E-state index is -2.53. The van der Waals surface area contributed by atoms with Crippen LogP contribution in [0.4, 0.5) is 8.78 Å². The Morgan fingerprint density at radius 1 is 1.50 bits per heavy atom. The Balaban J connectivity index is 1.82. The number of halogens is 2. The van der Waals surface area contributed by atoms with Gasteiger partial charge in [-0.3, -0.25) is 4.57 Å². The van der Waals surface area contributed by atoms with Crippen LogP contribution in [0.2, 0.25) is 0 Å². The second-order valence-corrected chi connectivity index (χ2v) is 5.05. The number of hydrogen-bond donors (Lipinski definition) is 1. The highest BCUT2D eigenvalue weighted by molar-refractivity contribution is 4.93. The van der Waals surface area contributed by atoms with Crippen LogP contribution >= 0.6 is 0 Å². The van der Waals surface area contributed by atoms with Crippen LogP contribution in [-0.2, 0) is 11.3 Å². The molecule has 102 valence electrons. The maximum Gasteiger partial charge on any atom is 0.319 e. The molecule has 1 N–H and O–H groups in total. The first-order chi connectivity index (χ1) is 8.61. The molecule has 0 aliphatic carbocycles. The predicted octanol–water partition coefficient (Wildman–Crippen LogP) is 2.18. The van der Waals surface area contributed by atoms with E-state index in [0.717, 1.165) is 37.2 Å². The van der Waals surface area contributed by atoms with Crippen LogP contribution in [-0.4, -0.2) is 29.3 Å². The van der Waals surface area contributed by atoms with E-state index in [0.29, 0.717) is 12.4 Å². The molecule has 0 amide bonds. The van der Waals surface area contributed by atoms with Crippen molar-refractivity contribution in [3.8, 4) is 0 Å². The number of rotatable bonds is 5. The predicted molar refractivity (Wildman–Crippen MR) is 63.3 cm³/mol. The summed E-state index contributed by atoms with van der Waals surface area (Å²) in [6, 6.07) is 0. The number of nitrogens with one attached hydrogen (secondary N) is 1. The Kier molecular flexibility index (Phi) is 4.29. The number of aromatic nitrogens is 2. The molecule has 18 heavy (non-hydrogen) atoms. The molecule has 2 rings (SSSR count). The zero-order valence-corrected chi connectivity index (χ0v) is 10.5. The van der Waals surface area contributed by atoms with Crippen molar-refractivity contribution < 1.29 is 13.5 Å². The Hall–Kier alpha value is -1.01. The third-order valence-corrected chi connectivity index (χ3v) is 3.49. The standard InChI is InChI=1S/C12H19F2N3O/c1-12(2-6-18-7-3-12)9-15-8-10-16-4-5-17(10)11(13)14/h4-5,11,15H,2-3,6-9H2,1H3. The van der Waals surface area contributed by atoms with Gasteiger partial charge in [0, 0.05) is 32.2 Å². The molecule has 1 aromatic rings. The van der Waals surface area contributed by atoms with Gasteiger partial charge in [0.1, 0.15) is 5.82 Å². The summed E-state index contributed by atoms with van der Waals surface area (Å²) in [4.78, 5) is 3.94. The van der Waals surface area contributed by atoms with Gasteiger partial charge in [-0.15, -0.1) is 0 Å². The molecule has 0 aromatic carbocycles. The van der Waals surface area contributed by atoms with Crippen LogP contribution in [0.5, 0.6) is 0 Å². The average molecular weight is 259 g/mol. The Bertz CT molecular complexity index is 375. The number of imidazole rings is 1. The zero-order valence-electron chi connectivity index (χ0n) is 10.5. The Morgan fingerprint density at radius 2 is 2.22 bits per heavy atom. The monoisotopic (exact) mass is 259 g/mol. The Labute approximate surface area is 105 Å². The van der Waals surface area contributed by atoms with Crippen molar-refractivity contribution in [2.45, 2.75) is 32.9 Å². The van der Waals surface area contributed by atoms with E-state index in [1.54, 1.807) is 0 Å². The van der Waals surface area contributed by atoms with Gasteiger partial charge in [0.25, 0.3) is 0 Å². The number of nitrogens with zero attached hydrogens (tertiary/aromatic N) is 2. The molecule has 0 spiro atoms. The van der Waals surface area contributed by atoms with Crippen LogP contribution in [0.25, 0.3) is 0 Å². The molecule has 1 aromatic heterocycles. The average Bonchev–Trinajstić information content (AvgIpc) is 2.78. The van der Waals surface area contributed by atoms with E-state index >= 15 is 0 Å². The highest BCUT2D eigenvalue weighted by atomic mass is 19.3. The molecule has 2 heterocycles. The van der Waals surface area contributed by atoms with Crippen LogP contribution < -0.4 is 5.32 Å². The van der Waals surface area contributed by atoms with Crippen LogP contribution in [0.3, 0.4) is 0 Å². The summed E-state index contributed by atoms with van der Waals surface area (Å²) in [7, 11) is 0. The van der Waals surface area contributed by atoms with E-state index in [1.165, 1.54) is 12.4 Å². The van der Waals surface area contributed by atoms with E-state index < -0.39 is 6.55 Å². The second kappa shape index (κ2) is 5.75. The summed E-state index contributed by atoms with van der Waals surface area (Å²) in [5, 5.41) is 3.22. The lowest BCUT2D eigenvalue weighted by Gasteiger charge is -2.33. The molecular formula is C12H19F2N3O. The lowest BCUT2D eigenvalue weighted by Crippen LogP contribution is -2.36. The summed E-state index contributed by atoms with van der Waals surface area (Å²) < 4.78 is 31.4. The fourth-order valence-electron chi connectivity index (χ4n) is 2.18. The molecule has 0 saturated carbocycles. The summed E-state index contributed by atoms with van der Waals surface area (Å²) in [5.74, 6) is 0.376. The third-order valence-electron chi connectivity index (χ3n) is 3.49. The zero-order chi connectivity index (χ0) is 13.0. The van der Waals surface area contributed by atoms with E-state index in [2.05, 4.69) is 17.2 Å². The topological polar surface area (TPSA) is 39.1 Å². The number of hydrogen-bond acceptors (Lipinski definition) is 3. The highest BCUT2D eigenvalue weighted by Gasteiger charge is 2.26. The minimum absolute atomic E-state index is 0.195. The van der Waals surface area contributed by atoms with Crippen molar-refractivity contribution in [2.24, 2.45) is 5.41 Å². The molecule has 0 bridgehead atoms. The van der Waals surface area contributed by atoms with Crippen molar-refractivity contribution in [2.75, 3.05) is 19.8 Å². The molecular weight excluding hydrogens is 240 g/mol. The third kappa shape index (κ3) is 3.26. The normalized spacial score (nSPS) is 19.3. The first-order valence-corrected chi connectivity index (χ1v) is 6.19. The molecule has 0 atom stereocenters. The van der Waals surface area contributed by atoms with Crippen LogP contribution in [0, 0.1) is 5.41 Å². The number of alkyl halides is 2. The summed E-state index contributed by atoms with van der Waals surface area (Å²) >= 11 is 0. The van der Waals surface area contributed by atoms with Crippen LogP contribution in [0.1, 0.15) is 32.1 Å². The van der Waals surface area contributed by atoms with Crippen molar-refractivity contribution in [1.29, 1.82) is 0 Å². The first-order valence-electron chi connectivity index (χ1n) is 6.19. The van der Waals surface area contributed by atoms with E-state index in [9.17, 15) is 8.78 Å². The minimum Gasteiger partial charge on any atom is -0.381 e. The molecule has 0 unspecified atom stereocenters. The summed E-state index contributed by atoms with van der Waals surface area (Å²) in [6.07, 6.45) is 4.71. The van der Waals surface area contributed by atoms with E-state index in [-0.39, 0.29) is 5.41 Å². The quantitative estimate of drug-likeness (QED) is 0.881. The molecule has 1 aliphatic rings. The fourth-order valence-corrected chi connectivity index (χ4v) is 2.18. The number of ether oxygens (including phenoxy) is 1. The molecule has 0 radical (unpaired) electrons. The van der Waals surface area contributed by atoms with E-state index in [1.807, 2.05) is 0 Å². The van der Waals surface area contributed by atoms with Gasteiger partial charge in [0.05, 0.1) is 6.54 Å². The highest BCUT2D eigenvalue weighted by Crippen LogP contribution is 2.28. The van der Waals surface area contributed by atoms with Gasteiger partial charge in [0.15, 0.2) is 0 Å². The largest absolute Gasteiger partial charge is 0.381 e. The molecule has 1 saturated heterocycles. The molecule has 4 nitrogen and oxygen atoms in total. The molecule has 1 aliphatic heterocycles. The van der Waals surface area contributed by atoms with Crippen molar-refractivity contribution in [1.82, 2.24) is 14.9 Å². The SMILES string of the molecule is CC1(CNCc2nccn2C(F)F)CCOCC1. The molecule has 1 fully saturated rings. The maximum absolute atomic E-state index is 12.6. The van der Waals surface area contributed by atoms with Gasteiger partial charge >= 0.3 is 6.55 Å². The van der Waals surface area contributed by atoms with Crippen LogP contribution in [0.15, 0.2) is 12.4 Å². The maximum atomic E-state index is 12.6. The summed E-state index contributed by atoms with van der Waals surface area (Å²) in [5.41, 5.74) is 0.195. The van der Waals surface area contributed by atoms with Gasteiger partial charge in [0.2, 0.25) is 0 Å². The lowest BCUT2D eigenvalue weighted by molar-refractivity contribution is 0.0236. The summed E-state index contributed by atoms with van der Waals surface area (Å²) in [6.45, 7) is 2.40. The van der Waals surface area contributed by atoms with E-state index in [4.69, 9.17) is 4.74 Å². The molecule has 6 heteroatoms. The van der Waals surface area contributed by atoms with Gasteiger partial charge in [-0.1, -0.05) is 6.92 Å². The van der Waals surface area contributed by atoms with Gasteiger partial charge < -0.3 is 10.1 Å². The first kappa shape index (κ1) is 13.4. The van der Waals surface area contributed by atoms with Crippen molar-refractivity contribution >= 4 is 0 Å². The van der Waals surface area contributed by atoms with Gasteiger partial charge in [-0.05, 0) is 18.3 Å². The Morgan fingerprint density at radius 3 is 2.89 bits per heavy atom. The van der Waals surface area contributed by atoms with Crippen molar-refractivity contribution in [3.05, 3.63) is 18.2 Å². The second-order valence-electron chi connectivity index (χ2n) is 5.05. The van der Waals surface area contributed by atoms with Gasteiger partial charge in [-0.2, -0.15) is 8.78 Å². The lowest BCUT2D eigenvalue weighted by atomic mass is 9.82. The smallest absolute Gasteiger partial charge is 0.319 e. The van der Waals surface area contributed by atoms with Gasteiger partial charge in [-0.25, -0.2) is 4.98 Å². The van der Waals surface area contributed by atoms with Crippen molar-refractivity contribution in [3.63, 3.8) is 0 Å².